The summed E-state index contributed by atoms with van der Waals surface area (Å²) in [4.78, 5) is 37.9. The van der Waals surface area contributed by atoms with E-state index in [9.17, 15) is 14.4 Å². The summed E-state index contributed by atoms with van der Waals surface area (Å²) < 4.78 is 0. The van der Waals surface area contributed by atoms with Gasteiger partial charge in [0, 0.05) is 30.0 Å². The van der Waals surface area contributed by atoms with Gasteiger partial charge in [0.15, 0.2) is 0 Å². The summed E-state index contributed by atoms with van der Waals surface area (Å²) in [5.41, 5.74) is 3.81. The van der Waals surface area contributed by atoms with E-state index < -0.39 is 6.03 Å². The average molecular weight is 396 g/mol. The largest absolute Gasteiger partial charge is 0.326 e. The average Bonchev–Trinajstić information content (AvgIpc) is 2.65. The molecule has 7 heteroatoms. The van der Waals surface area contributed by atoms with Crippen LogP contribution in [0.3, 0.4) is 0 Å². The third-order valence-electron chi connectivity index (χ3n) is 4.38. The first-order valence-corrected chi connectivity index (χ1v) is 9.46. The molecular formula is C22H28N4O3. The number of anilines is 3. The van der Waals surface area contributed by atoms with E-state index in [1.54, 1.807) is 45.2 Å². The molecule has 0 aliphatic rings. The van der Waals surface area contributed by atoms with Crippen molar-refractivity contribution in [3.05, 3.63) is 53.6 Å². The molecule has 0 unspecified atom stereocenters. The first-order valence-electron chi connectivity index (χ1n) is 9.46. The fraction of sp³-hybridized carbons (Fsp3) is 0.318. The molecule has 154 valence electrons. The molecule has 0 saturated heterocycles. The minimum atomic E-state index is -0.422. The Morgan fingerprint density at radius 3 is 2.03 bits per heavy atom. The van der Waals surface area contributed by atoms with Gasteiger partial charge in [-0.15, -0.1) is 0 Å². The van der Waals surface area contributed by atoms with E-state index >= 15 is 0 Å². The molecule has 2 aromatic rings. The summed E-state index contributed by atoms with van der Waals surface area (Å²) in [6.07, 6.45) is 0. The molecule has 3 N–H and O–H groups in total. The van der Waals surface area contributed by atoms with E-state index in [4.69, 9.17) is 0 Å². The number of hydrogen-bond donors (Lipinski definition) is 3. The van der Waals surface area contributed by atoms with Crippen molar-refractivity contribution in [3.8, 4) is 0 Å². The molecule has 0 saturated carbocycles. The Morgan fingerprint density at radius 2 is 1.45 bits per heavy atom. The van der Waals surface area contributed by atoms with Crippen LogP contribution in [0.5, 0.6) is 0 Å². The Labute approximate surface area is 171 Å². The number of nitrogens with zero attached hydrogens (tertiary/aromatic N) is 1. The minimum Gasteiger partial charge on any atom is -0.326 e. The second-order valence-electron chi connectivity index (χ2n) is 7.33. The van der Waals surface area contributed by atoms with Gasteiger partial charge >= 0.3 is 6.03 Å². The van der Waals surface area contributed by atoms with Crippen molar-refractivity contribution in [2.24, 2.45) is 5.92 Å². The highest BCUT2D eigenvalue weighted by Gasteiger charge is 2.15. The first-order chi connectivity index (χ1) is 13.7. The maximum atomic E-state index is 12.4. The summed E-state index contributed by atoms with van der Waals surface area (Å²) in [6, 6.07) is 12.2. The van der Waals surface area contributed by atoms with Crippen LogP contribution in [-0.2, 0) is 9.59 Å². The summed E-state index contributed by atoms with van der Waals surface area (Å²) >= 11 is 0. The lowest BCUT2D eigenvalue weighted by atomic mass is 10.1. The molecule has 0 heterocycles. The van der Waals surface area contributed by atoms with Gasteiger partial charge in [0.25, 0.3) is 0 Å². The topological polar surface area (TPSA) is 90.5 Å². The number of hydrogen-bond acceptors (Lipinski definition) is 3. The number of likely N-dealkylation sites (N-methyl/N-ethyl adjacent to an activating group) is 1. The van der Waals surface area contributed by atoms with Crippen molar-refractivity contribution in [1.29, 1.82) is 0 Å². The predicted octanol–water partition coefficient (Wildman–Crippen LogP) is 4.00. The zero-order chi connectivity index (χ0) is 21.6. The molecule has 0 atom stereocenters. The summed E-state index contributed by atoms with van der Waals surface area (Å²) in [6.45, 7) is 7.36. The quantitative estimate of drug-likeness (QED) is 0.689. The van der Waals surface area contributed by atoms with Gasteiger partial charge in [-0.05, 0) is 43.2 Å². The molecule has 0 aliphatic heterocycles. The van der Waals surface area contributed by atoms with Crippen molar-refractivity contribution in [3.63, 3.8) is 0 Å². The van der Waals surface area contributed by atoms with E-state index in [0.717, 1.165) is 16.8 Å². The second kappa shape index (κ2) is 9.73. The van der Waals surface area contributed by atoms with Crippen LogP contribution < -0.4 is 16.0 Å². The number of carbonyl (C=O) groups excluding carboxylic acids is 3. The number of aryl methyl sites for hydroxylation is 2. The number of para-hydroxylation sites is 1. The highest BCUT2D eigenvalue weighted by molar-refractivity contribution is 5.98. The van der Waals surface area contributed by atoms with Crippen molar-refractivity contribution in [1.82, 2.24) is 4.90 Å². The lowest BCUT2D eigenvalue weighted by Gasteiger charge is -2.19. The maximum Gasteiger partial charge on any atom is 0.322 e. The van der Waals surface area contributed by atoms with Crippen molar-refractivity contribution in [2.45, 2.75) is 27.7 Å². The molecule has 0 bridgehead atoms. The fourth-order valence-electron chi connectivity index (χ4n) is 2.66. The van der Waals surface area contributed by atoms with Gasteiger partial charge in [0.2, 0.25) is 11.8 Å². The lowest BCUT2D eigenvalue weighted by molar-refractivity contribution is -0.119. The summed E-state index contributed by atoms with van der Waals surface area (Å²) in [5, 5.41) is 8.38. The summed E-state index contributed by atoms with van der Waals surface area (Å²) in [5.74, 6) is -0.526. The smallest absolute Gasteiger partial charge is 0.322 e. The van der Waals surface area contributed by atoms with Gasteiger partial charge in [0.05, 0.1) is 0 Å². The third kappa shape index (κ3) is 6.34. The Hall–Kier alpha value is -3.35. The van der Waals surface area contributed by atoms with Crippen LogP contribution in [0.25, 0.3) is 0 Å². The van der Waals surface area contributed by atoms with Gasteiger partial charge in [-0.2, -0.15) is 0 Å². The van der Waals surface area contributed by atoms with Gasteiger partial charge in [-0.3, -0.25) is 9.59 Å². The SMILES string of the molecule is Cc1cccc(C)c1NC(=O)CN(C)C(=O)Nc1cccc(NC(=O)C(C)C)c1. The van der Waals surface area contributed by atoms with Crippen molar-refractivity contribution in [2.75, 3.05) is 29.5 Å². The minimum absolute atomic E-state index is 0.0939. The summed E-state index contributed by atoms with van der Waals surface area (Å²) in [7, 11) is 1.55. The highest BCUT2D eigenvalue weighted by Crippen LogP contribution is 2.19. The molecule has 2 aromatic carbocycles. The van der Waals surface area contributed by atoms with Crippen LogP contribution in [0.2, 0.25) is 0 Å². The van der Waals surface area contributed by atoms with Crippen molar-refractivity contribution >= 4 is 34.9 Å². The Kier molecular flexibility index (Phi) is 7.36. The van der Waals surface area contributed by atoms with Crippen LogP contribution in [0.15, 0.2) is 42.5 Å². The molecule has 0 aromatic heterocycles. The monoisotopic (exact) mass is 396 g/mol. The number of urea groups is 1. The molecule has 29 heavy (non-hydrogen) atoms. The molecular weight excluding hydrogens is 368 g/mol. The Balaban J connectivity index is 1.95. The van der Waals surface area contributed by atoms with E-state index in [2.05, 4.69) is 16.0 Å². The van der Waals surface area contributed by atoms with Gasteiger partial charge in [-0.1, -0.05) is 38.1 Å². The van der Waals surface area contributed by atoms with Gasteiger partial charge in [-0.25, -0.2) is 4.79 Å². The Morgan fingerprint density at radius 1 is 0.897 bits per heavy atom. The lowest BCUT2D eigenvalue weighted by Crippen LogP contribution is -2.37. The van der Waals surface area contributed by atoms with Gasteiger partial charge in [0.1, 0.15) is 6.54 Å². The van der Waals surface area contributed by atoms with Crippen LogP contribution in [0.1, 0.15) is 25.0 Å². The van der Waals surface area contributed by atoms with Gasteiger partial charge < -0.3 is 20.9 Å². The fourth-order valence-corrected chi connectivity index (χ4v) is 2.66. The van der Waals surface area contributed by atoms with Crippen LogP contribution in [0, 0.1) is 19.8 Å². The molecule has 4 amide bonds. The third-order valence-corrected chi connectivity index (χ3v) is 4.38. The highest BCUT2D eigenvalue weighted by atomic mass is 16.2. The molecule has 0 fully saturated rings. The Bertz CT molecular complexity index is 888. The molecule has 0 aliphatic carbocycles. The van der Waals surface area contributed by atoms with Crippen LogP contribution in [0.4, 0.5) is 21.9 Å². The molecule has 0 spiro atoms. The predicted molar refractivity (Wildman–Crippen MR) is 116 cm³/mol. The zero-order valence-electron chi connectivity index (χ0n) is 17.5. The first kappa shape index (κ1) is 21.9. The number of carbonyl (C=O) groups is 3. The van der Waals surface area contributed by atoms with E-state index in [1.165, 1.54) is 4.90 Å². The van der Waals surface area contributed by atoms with E-state index in [0.29, 0.717) is 11.4 Å². The number of nitrogens with one attached hydrogen (secondary N) is 3. The molecule has 2 rings (SSSR count). The van der Waals surface area contributed by atoms with E-state index in [1.807, 2.05) is 32.0 Å². The number of rotatable bonds is 6. The maximum absolute atomic E-state index is 12.4. The second-order valence-corrected chi connectivity index (χ2v) is 7.33. The normalized spacial score (nSPS) is 10.4. The molecule has 0 radical (unpaired) electrons. The number of amides is 4. The zero-order valence-corrected chi connectivity index (χ0v) is 17.5. The standard InChI is InChI=1S/C22H28N4O3/c1-14(2)21(28)23-17-10-7-11-18(12-17)24-22(29)26(5)13-19(27)25-20-15(3)8-6-9-16(20)4/h6-12,14H,13H2,1-5H3,(H,23,28)(H,24,29)(H,25,27). The van der Waals surface area contributed by atoms with Crippen molar-refractivity contribution < 1.29 is 14.4 Å². The van der Waals surface area contributed by atoms with Crippen LogP contribution in [-0.4, -0.2) is 36.3 Å². The van der Waals surface area contributed by atoms with E-state index in [-0.39, 0.29) is 24.3 Å². The van der Waals surface area contributed by atoms with Crippen LogP contribution >= 0.6 is 0 Å². The number of benzene rings is 2. The molecule has 7 nitrogen and oxygen atoms in total.